The van der Waals surface area contributed by atoms with Crippen molar-refractivity contribution in [2.75, 3.05) is 14.2 Å². The Bertz CT molecular complexity index is 352. The molecule has 0 aromatic rings. The van der Waals surface area contributed by atoms with Crippen molar-refractivity contribution in [1.29, 1.82) is 0 Å². The summed E-state index contributed by atoms with van der Waals surface area (Å²) in [6.45, 7) is 6.58. The second-order valence-electron chi connectivity index (χ2n) is 8.27. The molecule has 0 bridgehead atoms. The smallest absolute Gasteiger partial charge is 0.167 e. The number of carbonyl (C=O) groups is 1. The van der Waals surface area contributed by atoms with Crippen LogP contribution in [0.1, 0.15) is 97.8 Å². The zero-order chi connectivity index (χ0) is 18.1. The van der Waals surface area contributed by atoms with Crippen LogP contribution in [0.15, 0.2) is 0 Å². The van der Waals surface area contributed by atoms with E-state index in [4.69, 9.17) is 9.47 Å². The van der Waals surface area contributed by atoms with Gasteiger partial charge in [-0.05, 0) is 31.6 Å². The molecule has 1 rings (SSSR count). The lowest BCUT2D eigenvalue weighted by Gasteiger charge is -2.39. The van der Waals surface area contributed by atoms with Gasteiger partial charge in [0.25, 0.3) is 0 Å². The molecule has 1 fully saturated rings. The number of hydrogen-bond donors (Lipinski definition) is 0. The first kappa shape index (κ1) is 21.6. The fourth-order valence-corrected chi connectivity index (χ4v) is 4.11. The topological polar surface area (TPSA) is 35.5 Å². The average Bonchev–Trinajstić information content (AvgIpc) is 2.54. The molecule has 0 saturated heterocycles. The first-order chi connectivity index (χ1) is 11.4. The molecule has 0 radical (unpaired) electrons. The zero-order valence-corrected chi connectivity index (χ0v) is 16.8. The molecule has 1 aliphatic rings. The molecule has 0 heterocycles. The van der Waals surface area contributed by atoms with Gasteiger partial charge in [-0.1, -0.05) is 58.8 Å². The van der Waals surface area contributed by atoms with Gasteiger partial charge in [-0.2, -0.15) is 0 Å². The maximum absolute atomic E-state index is 11.3. The molecule has 0 spiro atoms. The molecule has 1 saturated carbocycles. The fourth-order valence-electron chi connectivity index (χ4n) is 4.11. The predicted octanol–water partition coefficient (Wildman–Crippen LogP) is 5.90. The van der Waals surface area contributed by atoms with Crippen LogP contribution in [-0.4, -0.2) is 25.8 Å². The Morgan fingerprint density at radius 1 is 1.00 bits per heavy atom. The van der Waals surface area contributed by atoms with Crippen LogP contribution in [0.2, 0.25) is 0 Å². The van der Waals surface area contributed by atoms with Crippen LogP contribution >= 0.6 is 0 Å². The van der Waals surface area contributed by atoms with E-state index >= 15 is 0 Å². The Balaban J connectivity index is 2.39. The van der Waals surface area contributed by atoms with Crippen molar-refractivity contribution in [2.45, 2.75) is 104 Å². The van der Waals surface area contributed by atoms with E-state index in [0.717, 1.165) is 32.1 Å². The van der Waals surface area contributed by atoms with Gasteiger partial charge >= 0.3 is 0 Å². The molecule has 3 heteroatoms. The van der Waals surface area contributed by atoms with Gasteiger partial charge in [0.2, 0.25) is 0 Å². The SMILES string of the molecule is CCCCCCCCC(CCCC1(C)CC(=O)C1)C(C)(OC)OC. The van der Waals surface area contributed by atoms with Crippen LogP contribution in [0.4, 0.5) is 0 Å². The van der Waals surface area contributed by atoms with E-state index in [1.807, 2.05) is 0 Å². The summed E-state index contributed by atoms with van der Waals surface area (Å²) in [5.41, 5.74) is 0.262. The van der Waals surface area contributed by atoms with Crippen molar-refractivity contribution >= 4 is 5.78 Å². The van der Waals surface area contributed by atoms with Gasteiger partial charge in [0.15, 0.2) is 5.79 Å². The van der Waals surface area contributed by atoms with Gasteiger partial charge in [-0.15, -0.1) is 0 Å². The van der Waals surface area contributed by atoms with Crippen LogP contribution in [0.3, 0.4) is 0 Å². The Kier molecular flexibility index (Phi) is 9.51. The molecule has 0 aromatic heterocycles. The van der Waals surface area contributed by atoms with E-state index in [1.54, 1.807) is 14.2 Å². The molecule has 0 amide bonds. The van der Waals surface area contributed by atoms with E-state index in [-0.39, 0.29) is 5.41 Å². The van der Waals surface area contributed by atoms with E-state index < -0.39 is 5.79 Å². The van der Waals surface area contributed by atoms with Gasteiger partial charge in [-0.3, -0.25) is 4.79 Å². The Labute approximate surface area is 149 Å². The maximum atomic E-state index is 11.3. The number of unbranched alkanes of at least 4 members (excludes halogenated alkanes) is 5. The highest BCUT2D eigenvalue weighted by Gasteiger charge is 2.39. The Morgan fingerprint density at radius 3 is 2.08 bits per heavy atom. The molecule has 0 N–H and O–H groups in total. The van der Waals surface area contributed by atoms with Gasteiger partial charge in [0, 0.05) is 33.0 Å². The number of hydrogen-bond acceptors (Lipinski definition) is 3. The molecule has 0 aromatic carbocycles. The quantitative estimate of drug-likeness (QED) is 0.291. The highest BCUT2D eigenvalue weighted by molar-refractivity contribution is 5.85. The first-order valence-electron chi connectivity index (χ1n) is 10.0. The number of methoxy groups -OCH3 is 2. The third-order valence-electron chi connectivity index (χ3n) is 6.04. The van der Waals surface area contributed by atoms with Crippen molar-refractivity contribution in [2.24, 2.45) is 11.3 Å². The highest BCUT2D eigenvalue weighted by Crippen LogP contribution is 2.43. The zero-order valence-electron chi connectivity index (χ0n) is 16.8. The van der Waals surface area contributed by atoms with Crippen molar-refractivity contribution < 1.29 is 14.3 Å². The first-order valence-corrected chi connectivity index (χ1v) is 10.0. The minimum atomic E-state index is -0.486. The van der Waals surface area contributed by atoms with Gasteiger partial charge < -0.3 is 9.47 Å². The molecule has 3 nitrogen and oxygen atoms in total. The van der Waals surface area contributed by atoms with Gasteiger partial charge in [-0.25, -0.2) is 0 Å². The minimum Gasteiger partial charge on any atom is -0.353 e. The molecule has 1 unspecified atom stereocenters. The molecular formula is C21H40O3. The molecular weight excluding hydrogens is 300 g/mol. The standard InChI is InChI=1S/C21H40O3/c1-6-7-8-9-10-11-13-18(21(3,23-4)24-5)14-12-15-20(2)16-19(22)17-20/h18H,6-17H2,1-5H3. The Hall–Kier alpha value is -0.410. The molecule has 1 atom stereocenters. The molecule has 0 aliphatic heterocycles. The summed E-state index contributed by atoms with van der Waals surface area (Å²) in [5.74, 6) is 0.373. The summed E-state index contributed by atoms with van der Waals surface area (Å²) in [6, 6.07) is 0. The van der Waals surface area contributed by atoms with E-state index in [2.05, 4.69) is 20.8 Å². The summed E-state index contributed by atoms with van der Waals surface area (Å²) in [5, 5.41) is 0. The third-order valence-corrected chi connectivity index (χ3v) is 6.04. The minimum absolute atomic E-state index is 0.262. The van der Waals surface area contributed by atoms with Crippen LogP contribution in [0, 0.1) is 11.3 Å². The summed E-state index contributed by atoms with van der Waals surface area (Å²) in [4.78, 5) is 11.3. The summed E-state index contributed by atoms with van der Waals surface area (Å²) >= 11 is 0. The monoisotopic (exact) mass is 340 g/mol. The highest BCUT2D eigenvalue weighted by atomic mass is 16.7. The van der Waals surface area contributed by atoms with Crippen molar-refractivity contribution in [3.05, 3.63) is 0 Å². The lowest BCUT2D eigenvalue weighted by molar-refractivity contribution is -0.230. The van der Waals surface area contributed by atoms with Gasteiger partial charge in [0.05, 0.1) is 0 Å². The Morgan fingerprint density at radius 2 is 1.54 bits per heavy atom. The summed E-state index contributed by atoms with van der Waals surface area (Å²) in [7, 11) is 3.51. The maximum Gasteiger partial charge on any atom is 0.167 e. The van der Waals surface area contributed by atoms with Crippen LogP contribution < -0.4 is 0 Å². The third kappa shape index (κ3) is 6.84. The lowest BCUT2D eigenvalue weighted by Crippen LogP contribution is -2.39. The number of carbonyl (C=O) groups excluding carboxylic acids is 1. The number of Topliss-reactive ketones (excluding diaryl/α,β-unsaturated/α-hetero) is 1. The molecule has 142 valence electrons. The van der Waals surface area contributed by atoms with Gasteiger partial charge in [0.1, 0.15) is 5.78 Å². The van der Waals surface area contributed by atoms with Crippen molar-refractivity contribution in [3.8, 4) is 0 Å². The van der Waals surface area contributed by atoms with E-state index in [1.165, 1.54) is 44.9 Å². The lowest BCUT2D eigenvalue weighted by atomic mass is 9.66. The van der Waals surface area contributed by atoms with E-state index in [9.17, 15) is 4.79 Å². The molecule has 24 heavy (non-hydrogen) atoms. The summed E-state index contributed by atoms with van der Waals surface area (Å²) in [6.07, 6.45) is 14.1. The fraction of sp³-hybridized carbons (Fsp3) is 0.952. The van der Waals surface area contributed by atoms with Crippen LogP contribution in [0.5, 0.6) is 0 Å². The second-order valence-corrected chi connectivity index (χ2v) is 8.27. The van der Waals surface area contributed by atoms with E-state index in [0.29, 0.717) is 11.7 Å². The van der Waals surface area contributed by atoms with Crippen LogP contribution in [-0.2, 0) is 14.3 Å². The number of ketones is 1. The number of ether oxygens (including phenoxy) is 2. The molecule has 1 aliphatic carbocycles. The predicted molar refractivity (Wildman–Crippen MR) is 100 cm³/mol. The largest absolute Gasteiger partial charge is 0.353 e. The second kappa shape index (κ2) is 10.6. The van der Waals surface area contributed by atoms with Crippen molar-refractivity contribution in [3.63, 3.8) is 0 Å². The van der Waals surface area contributed by atoms with Crippen molar-refractivity contribution in [1.82, 2.24) is 0 Å². The average molecular weight is 341 g/mol. The number of rotatable bonds is 14. The van der Waals surface area contributed by atoms with Crippen LogP contribution in [0.25, 0.3) is 0 Å². The normalized spacial score (nSPS) is 18.5. The summed E-state index contributed by atoms with van der Waals surface area (Å²) < 4.78 is 11.4.